The van der Waals surface area contributed by atoms with E-state index in [-0.39, 0.29) is 10.1 Å². The number of primary amides is 1. The molecule has 0 spiro atoms. The zero-order valence-corrected chi connectivity index (χ0v) is 13.8. The first-order valence-corrected chi connectivity index (χ1v) is 7.33. The number of hydrogen-bond acceptors (Lipinski definition) is 4. The van der Waals surface area contributed by atoms with E-state index in [0.29, 0.717) is 34.0 Å². The lowest BCUT2D eigenvalue weighted by molar-refractivity contribution is -0.132. The van der Waals surface area contributed by atoms with Gasteiger partial charge in [-0.25, -0.2) is 4.39 Å². The molecule has 1 aliphatic heterocycles. The maximum absolute atomic E-state index is 13.8. The number of nitrogens with zero attached hydrogens (tertiary/aromatic N) is 2. The second-order valence-corrected chi connectivity index (χ2v) is 6.23. The van der Waals surface area contributed by atoms with Gasteiger partial charge in [-0.15, -0.1) is 0 Å². The van der Waals surface area contributed by atoms with E-state index in [1.165, 1.54) is 12.1 Å². The molecule has 3 rings (SSSR count). The highest BCUT2D eigenvalue weighted by Gasteiger charge is 2.46. The van der Waals surface area contributed by atoms with Crippen molar-refractivity contribution < 1.29 is 18.5 Å². The molecule has 1 aliphatic rings. The number of aromatic nitrogens is 1. The Morgan fingerprint density at radius 2 is 1.92 bits per heavy atom. The van der Waals surface area contributed by atoms with Crippen LogP contribution in [0.4, 0.5) is 10.1 Å². The number of carbonyl (C=O) groups is 2. The molecule has 124 valence electrons. The van der Waals surface area contributed by atoms with E-state index < -0.39 is 17.5 Å². The lowest BCUT2D eigenvalue weighted by Crippen LogP contribution is -2.37. The SMILES string of the molecule is Cc1noc(C)c1C1=C(C(=O)C(N)=O)c2cc(F)ccc2[N+]1(C)C. The highest BCUT2D eigenvalue weighted by molar-refractivity contribution is 6.56. The number of halogens is 1. The van der Waals surface area contributed by atoms with E-state index in [4.69, 9.17) is 10.3 Å². The van der Waals surface area contributed by atoms with Gasteiger partial charge in [-0.1, -0.05) is 5.16 Å². The molecule has 1 aromatic carbocycles. The molecule has 0 saturated heterocycles. The third-order valence-corrected chi connectivity index (χ3v) is 4.35. The summed E-state index contributed by atoms with van der Waals surface area (Å²) in [5.41, 5.74) is 8.10. The lowest BCUT2D eigenvalue weighted by Gasteiger charge is -2.27. The second-order valence-electron chi connectivity index (χ2n) is 6.23. The predicted molar refractivity (Wildman–Crippen MR) is 87.0 cm³/mol. The van der Waals surface area contributed by atoms with Crippen molar-refractivity contribution >= 4 is 28.6 Å². The summed E-state index contributed by atoms with van der Waals surface area (Å²) in [6.07, 6.45) is 0. The van der Waals surface area contributed by atoms with Crippen molar-refractivity contribution in [3.63, 3.8) is 0 Å². The van der Waals surface area contributed by atoms with Gasteiger partial charge in [0.1, 0.15) is 28.4 Å². The van der Waals surface area contributed by atoms with E-state index in [2.05, 4.69) is 5.16 Å². The summed E-state index contributed by atoms with van der Waals surface area (Å²) in [5, 5.41) is 3.92. The summed E-state index contributed by atoms with van der Waals surface area (Å²) in [5.74, 6) is -1.94. The van der Waals surface area contributed by atoms with E-state index in [1.54, 1.807) is 19.9 Å². The van der Waals surface area contributed by atoms with Gasteiger partial charge in [0.25, 0.3) is 11.7 Å². The van der Waals surface area contributed by atoms with Crippen LogP contribution in [0, 0.1) is 19.7 Å². The molecule has 24 heavy (non-hydrogen) atoms. The Morgan fingerprint density at radius 1 is 1.25 bits per heavy atom. The standard InChI is InChI=1S/C17H16FN3O3/c1-8-13(9(2)24-20-8)15-14(16(22)17(19)23)11-7-10(18)5-6-12(11)21(15,3)4/h5-7H,1-4H3,(H-,19,23)/p+1. The van der Waals surface area contributed by atoms with Gasteiger partial charge in [-0.3, -0.25) is 14.1 Å². The van der Waals surface area contributed by atoms with E-state index in [0.717, 1.165) is 0 Å². The van der Waals surface area contributed by atoms with Gasteiger partial charge >= 0.3 is 0 Å². The Hall–Kier alpha value is -2.80. The van der Waals surface area contributed by atoms with Crippen LogP contribution in [0.5, 0.6) is 0 Å². The average molecular weight is 330 g/mol. The Balaban J connectivity index is 2.44. The molecule has 2 aromatic rings. The zero-order valence-electron chi connectivity index (χ0n) is 13.8. The van der Waals surface area contributed by atoms with Gasteiger partial charge in [-0.05, 0) is 26.0 Å². The van der Waals surface area contributed by atoms with Crippen molar-refractivity contribution in [2.24, 2.45) is 5.73 Å². The van der Waals surface area contributed by atoms with Gasteiger partial charge in [0, 0.05) is 6.07 Å². The number of carbonyl (C=O) groups excluding carboxylic acids is 2. The molecule has 6 nitrogen and oxygen atoms in total. The van der Waals surface area contributed by atoms with Crippen LogP contribution in [-0.4, -0.2) is 30.9 Å². The second kappa shape index (κ2) is 5.10. The molecule has 2 heterocycles. The fourth-order valence-corrected chi connectivity index (χ4v) is 3.30. The Kier molecular flexibility index (Phi) is 3.42. The largest absolute Gasteiger partial charge is 0.363 e. The number of quaternary nitrogens is 1. The van der Waals surface area contributed by atoms with Gasteiger partial charge in [0.2, 0.25) is 0 Å². The predicted octanol–water partition coefficient (Wildman–Crippen LogP) is 1.93. The highest BCUT2D eigenvalue weighted by atomic mass is 19.1. The molecule has 0 unspecified atom stereocenters. The van der Waals surface area contributed by atoms with Crippen molar-refractivity contribution in [1.29, 1.82) is 0 Å². The third kappa shape index (κ3) is 2.09. The topological polar surface area (TPSA) is 86.2 Å². The molecule has 2 N–H and O–H groups in total. The Labute approximate surface area is 137 Å². The minimum Gasteiger partial charge on any atom is -0.363 e. The molecule has 0 saturated carbocycles. The first-order valence-electron chi connectivity index (χ1n) is 7.33. The van der Waals surface area contributed by atoms with E-state index in [9.17, 15) is 14.0 Å². The van der Waals surface area contributed by atoms with Crippen molar-refractivity contribution in [3.8, 4) is 0 Å². The fourth-order valence-electron chi connectivity index (χ4n) is 3.30. The number of aryl methyl sites for hydroxylation is 2. The minimum absolute atomic E-state index is 0.0939. The summed E-state index contributed by atoms with van der Waals surface area (Å²) in [7, 11) is 3.69. The van der Waals surface area contributed by atoms with Crippen molar-refractivity contribution in [3.05, 3.63) is 46.6 Å². The third-order valence-electron chi connectivity index (χ3n) is 4.35. The number of ketones is 1. The van der Waals surface area contributed by atoms with Crippen LogP contribution in [0.3, 0.4) is 0 Å². The van der Waals surface area contributed by atoms with Gasteiger partial charge in [0.05, 0.1) is 25.4 Å². The molecular formula is C17H17FN3O3+. The van der Waals surface area contributed by atoms with Gasteiger partial charge in [0.15, 0.2) is 5.70 Å². The van der Waals surface area contributed by atoms with Crippen LogP contribution in [0.2, 0.25) is 0 Å². The fraction of sp³-hybridized carbons (Fsp3) is 0.235. The quantitative estimate of drug-likeness (QED) is 0.688. The van der Waals surface area contributed by atoms with Crippen molar-refractivity contribution in [1.82, 2.24) is 9.64 Å². The van der Waals surface area contributed by atoms with Crippen LogP contribution in [-0.2, 0) is 9.59 Å². The maximum Gasteiger partial charge on any atom is 0.290 e. The summed E-state index contributed by atoms with van der Waals surface area (Å²) < 4.78 is 19.2. The number of Topliss-reactive ketones (excluding diaryl/α,β-unsaturated/α-hetero) is 1. The normalized spacial score (nSPS) is 15.5. The number of hydrogen-bond donors (Lipinski definition) is 1. The summed E-state index contributed by atoms with van der Waals surface area (Å²) in [6, 6.07) is 4.17. The average Bonchev–Trinajstić information content (AvgIpc) is 2.92. The van der Waals surface area contributed by atoms with Crippen LogP contribution < -0.4 is 10.2 Å². The highest BCUT2D eigenvalue weighted by Crippen LogP contribution is 2.49. The number of benzene rings is 1. The molecule has 0 bridgehead atoms. The van der Waals surface area contributed by atoms with Crippen molar-refractivity contribution in [2.45, 2.75) is 13.8 Å². The molecule has 0 atom stereocenters. The first-order chi connectivity index (χ1) is 11.2. The molecular weight excluding hydrogens is 313 g/mol. The number of amides is 1. The molecule has 7 heteroatoms. The summed E-state index contributed by atoms with van der Waals surface area (Å²) >= 11 is 0. The monoisotopic (exact) mass is 330 g/mol. The van der Waals surface area contributed by atoms with Gasteiger partial charge in [-0.2, -0.15) is 0 Å². The number of rotatable bonds is 3. The molecule has 0 aliphatic carbocycles. The number of nitrogens with two attached hydrogens (primary N) is 1. The van der Waals surface area contributed by atoms with Crippen molar-refractivity contribution in [2.75, 3.05) is 14.1 Å². The molecule has 1 aromatic heterocycles. The van der Waals surface area contributed by atoms with E-state index >= 15 is 0 Å². The Bertz CT molecular complexity index is 906. The minimum atomic E-state index is -1.09. The maximum atomic E-state index is 13.8. The zero-order chi connectivity index (χ0) is 17.8. The number of fused-ring (bicyclic) bond motifs is 1. The molecule has 0 fully saturated rings. The summed E-state index contributed by atoms with van der Waals surface area (Å²) in [4.78, 5) is 24.1. The van der Waals surface area contributed by atoms with Crippen LogP contribution in [0.1, 0.15) is 22.6 Å². The lowest BCUT2D eigenvalue weighted by atomic mass is 9.97. The molecule has 0 radical (unpaired) electrons. The van der Waals surface area contributed by atoms with Gasteiger partial charge < -0.3 is 10.3 Å². The summed E-state index contributed by atoms with van der Waals surface area (Å²) in [6.45, 7) is 3.47. The first kappa shape index (κ1) is 16.1. The van der Waals surface area contributed by atoms with Crippen LogP contribution in [0.15, 0.2) is 22.7 Å². The smallest absolute Gasteiger partial charge is 0.290 e. The van der Waals surface area contributed by atoms with E-state index in [1.807, 2.05) is 14.1 Å². The Morgan fingerprint density at radius 3 is 2.46 bits per heavy atom. The molecule has 1 amide bonds. The van der Waals surface area contributed by atoms with Crippen LogP contribution in [0.25, 0.3) is 11.3 Å². The van der Waals surface area contributed by atoms with Crippen LogP contribution >= 0.6 is 0 Å².